The Kier molecular flexibility index (Phi) is 8.59. The molecule has 3 aromatic rings. The quantitative estimate of drug-likeness (QED) is 0.376. The summed E-state index contributed by atoms with van der Waals surface area (Å²) in [6.45, 7) is 13.6. The van der Waals surface area contributed by atoms with Crippen LogP contribution in [0.15, 0.2) is 48.5 Å². The number of carbonyl (C=O) groups is 2. The predicted molar refractivity (Wildman–Crippen MR) is 146 cm³/mol. The van der Waals surface area contributed by atoms with E-state index in [2.05, 4.69) is 17.2 Å². The van der Waals surface area contributed by atoms with Crippen LogP contribution in [0.4, 0.5) is 0 Å². The fourth-order valence-corrected chi connectivity index (χ4v) is 4.23. The maximum Gasteiger partial charge on any atom is 0.357 e. The molecule has 0 saturated carbocycles. The number of esters is 1. The highest BCUT2D eigenvalue weighted by Gasteiger charge is 2.32. The van der Waals surface area contributed by atoms with E-state index >= 15 is 0 Å². The lowest BCUT2D eigenvalue weighted by Gasteiger charge is -2.21. The van der Waals surface area contributed by atoms with Gasteiger partial charge in [0.15, 0.2) is 5.69 Å². The Hall–Kier alpha value is -3.45. The van der Waals surface area contributed by atoms with Crippen LogP contribution >= 0.6 is 0 Å². The molecule has 0 aliphatic rings. The van der Waals surface area contributed by atoms with E-state index < -0.39 is 11.6 Å². The summed E-state index contributed by atoms with van der Waals surface area (Å²) >= 11 is 0. The third-order valence-electron chi connectivity index (χ3n) is 5.83. The molecule has 0 bridgehead atoms. The smallest absolute Gasteiger partial charge is 0.357 e. The van der Waals surface area contributed by atoms with Gasteiger partial charge in [-0.15, -0.1) is 0 Å². The van der Waals surface area contributed by atoms with Crippen molar-refractivity contribution in [3.8, 4) is 11.1 Å². The van der Waals surface area contributed by atoms with E-state index in [0.29, 0.717) is 24.2 Å². The SMILES string of the molecule is CCCc1nc(C(C)(C)O)c(C(=O)OCC)n1Cc1ccc(-c2ccccc2C(=O)NC(C)(C)C)cc1. The average Bonchev–Trinajstić information content (AvgIpc) is 3.17. The lowest BCUT2D eigenvalue weighted by atomic mass is 9.97. The normalized spacial score (nSPS) is 11.9. The van der Waals surface area contributed by atoms with Gasteiger partial charge in [0, 0.05) is 24.1 Å². The Morgan fingerprint density at radius 2 is 1.65 bits per heavy atom. The summed E-state index contributed by atoms with van der Waals surface area (Å²) < 4.78 is 7.19. The molecule has 0 aliphatic carbocycles. The lowest BCUT2D eigenvalue weighted by molar-refractivity contribution is 0.0469. The van der Waals surface area contributed by atoms with E-state index in [1.807, 2.05) is 73.9 Å². The molecule has 0 spiro atoms. The van der Waals surface area contributed by atoms with Crippen molar-refractivity contribution in [2.24, 2.45) is 0 Å². The van der Waals surface area contributed by atoms with Gasteiger partial charge in [-0.3, -0.25) is 4.79 Å². The standard InChI is InChI=1S/C30H39N3O4/c1-8-12-24-31-26(30(6,7)36)25(28(35)37-9-2)33(24)19-20-15-17-21(18-16-20)22-13-10-11-14-23(22)27(34)32-29(3,4)5/h10-11,13-18,36H,8-9,12,19H2,1-7H3,(H,32,34). The van der Waals surface area contributed by atoms with Crippen molar-refractivity contribution in [1.82, 2.24) is 14.9 Å². The van der Waals surface area contributed by atoms with E-state index in [-0.39, 0.29) is 23.7 Å². The average molecular weight is 506 g/mol. The molecule has 0 saturated heterocycles. The molecule has 7 heteroatoms. The van der Waals surface area contributed by atoms with Crippen molar-refractivity contribution in [2.75, 3.05) is 6.61 Å². The predicted octanol–water partition coefficient (Wildman–Crippen LogP) is 5.48. The van der Waals surface area contributed by atoms with E-state index in [1.165, 1.54) is 0 Å². The first-order valence-corrected chi connectivity index (χ1v) is 12.9. The van der Waals surface area contributed by atoms with Crippen molar-refractivity contribution < 1.29 is 19.4 Å². The van der Waals surface area contributed by atoms with Crippen molar-refractivity contribution >= 4 is 11.9 Å². The molecule has 198 valence electrons. The summed E-state index contributed by atoms with van der Waals surface area (Å²) in [6, 6.07) is 15.5. The van der Waals surface area contributed by atoms with Crippen LogP contribution in [0.2, 0.25) is 0 Å². The number of imidazole rings is 1. The zero-order valence-corrected chi connectivity index (χ0v) is 23.0. The number of aromatic nitrogens is 2. The minimum atomic E-state index is -1.29. The highest BCUT2D eigenvalue weighted by atomic mass is 16.5. The summed E-state index contributed by atoms with van der Waals surface area (Å²) in [4.78, 5) is 30.5. The summed E-state index contributed by atoms with van der Waals surface area (Å²) in [6.07, 6.45) is 1.51. The second-order valence-corrected chi connectivity index (χ2v) is 10.8. The molecule has 2 N–H and O–H groups in total. The third kappa shape index (κ3) is 6.86. The van der Waals surface area contributed by atoms with Gasteiger partial charge >= 0.3 is 5.97 Å². The van der Waals surface area contributed by atoms with Crippen LogP contribution in [0.5, 0.6) is 0 Å². The molecule has 1 heterocycles. The van der Waals surface area contributed by atoms with Crippen LogP contribution in [0.1, 0.15) is 92.8 Å². The first-order chi connectivity index (χ1) is 17.4. The largest absolute Gasteiger partial charge is 0.461 e. The van der Waals surface area contributed by atoms with Gasteiger partial charge in [-0.1, -0.05) is 49.4 Å². The third-order valence-corrected chi connectivity index (χ3v) is 5.83. The van der Waals surface area contributed by atoms with Crippen molar-refractivity contribution in [2.45, 2.75) is 79.0 Å². The monoisotopic (exact) mass is 505 g/mol. The molecule has 3 rings (SSSR count). The van der Waals surface area contributed by atoms with E-state index in [9.17, 15) is 14.7 Å². The number of ether oxygens (including phenoxy) is 1. The fraction of sp³-hybridized carbons (Fsp3) is 0.433. The van der Waals surface area contributed by atoms with Gasteiger partial charge in [-0.25, -0.2) is 9.78 Å². The Morgan fingerprint density at radius 1 is 1.00 bits per heavy atom. The van der Waals surface area contributed by atoms with Crippen LogP contribution in [0.25, 0.3) is 11.1 Å². The van der Waals surface area contributed by atoms with Gasteiger partial charge in [0.25, 0.3) is 5.91 Å². The van der Waals surface area contributed by atoms with Crippen LogP contribution in [0, 0.1) is 0 Å². The van der Waals surface area contributed by atoms with Crippen molar-refractivity contribution in [3.63, 3.8) is 0 Å². The number of amides is 1. The fourth-order valence-electron chi connectivity index (χ4n) is 4.23. The number of nitrogens with zero attached hydrogens (tertiary/aromatic N) is 2. The molecule has 0 fully saturated rings. The minimum absolute atomic E-state index is 0.118. The number of benzene rings is 2. The Morgan fingerprint density at radius 3 is 2.22 bits per heavy atom. The number of aryl methyl sites for hydroxylation is 1. The molecule has 37 heavy (non-hydrogen) atoms. The summed E-state index contributed by atoms with van der Waals surface area (Å²) in [5.74, 6) is 0.119. The Labute approximate surface area is 219 Å². The van der Waals surface area contributed by atoms with Gasteiger partial charge < -0.3 is 19.7 Å². The maximum absolute atomic E-state index is 12.9. The minimum Gasteiger partial charge on any atom is -0.461 e. The van der Waals surface area contributed by atoms with Crippen molar-refractivity contribution in [3.05, 3.63) is 76.9 Å². The van der Waals surface area contributed by atoms with Crippen LogP contribution in [-0.4, -0.2) is 38.7 Å². The van der Waals surface area contributed by atoms with Gasteiger partial charge in [0.05, 0.1) is 6.61 Å². The summed E-state index contributed by atoms with van der Waals surface area (Å²) in [7, 11) is 0. The highest BCUT2D eigenvalue weighted by molar-refractivity contribution is 6.01. The Balaban J connectivity index is 1.99. The summed E-state index contributed by atoms with van der Waals surface area (Å²) in [5.41, 5.74) is 2.32. The molecule has 0 atom stereocenters. The summed E-state index contributed by atoms with van der Waals surface area (Å²) in [5, 5.41) is 13.8. The lowest BCUT2D eigenvalue weighted by Crippen LogP contribution is -2.40. The molecule has 1 amide bonds. The van der Waals surface area contributed by atoms with Crippen LogP contribution in [-0.2, 0) is 23.3 Å². The zero-order chi connectivity index (χ0) is 27.4. The number of hydrogen-bond acceptors (Lipinski definition) is 5. The van der Waals surface area contributed by atoms with Crippen LogP contribution < -0.4 is 5.32 Å². The van der Waals surface area contributed by atoms with Crippen molar-refractivity contribution in [1.29, 1.82) is 0 Å². The first-order valence-electron chi connectivity index (χ1n) is 12.9. The van der Waals surface area contributed by atoms with Gasteiger partial charge in [-0.05, 0) is 70.7 Å². The van der Waals surface area contributed by atoms with E-state index in [1.54, 1.807) is 20.8 Å². The zero-order valence-electron chi connectivity index (χ0n) is 23.0. The topological polar surface area (TPSA) is 93.4 Å². The van der Waals surface area contributed by atoms with Crippen LogP contribution in [0.3, 0.4) is 0 Å². The van der Waals surface area contributed by atoms with E-state index in [4.69, 9.17) is 4.74 Å². The number of aliphatic hydroxyl groups is 1. The van der Waals surface area contributed by atoms with Gasteiger partial charge in [-0.2, -0.15) is 0 Å². The first kappa shape index (κ1) is 28.1. The second-order valence-electron chi connectivity index (χ2n) is 10.8. The molecule has 0 radical (unpaired) electrons. The molecule has 7 nitrogen and oxygen atoms in total. The molecule has 1 aromatic heterocycles. The second kappa shape index (κ2) is 11.3. The Bertz CT molecular complexity index is 1250. The molecule has 0 unspecified atom stereocenters. The van der Waals surface area contributed by atoms with Gasteiger partial charge in [0.1, 0.15) is 17.1 Å². The number of carbonyl (C=O) groups excluding carboxylic acids is 2. The molecule has 2 aromatic carbocycles. The van der Waals surface area contributed by atoms with E-state index in [0.717, 1.165) is 28.9 Å². The maximum atomic E-state index is 12.9. The number of nitrogens with one attached hydrogen (secondary N) is 1. The van der Waals surface area contributed by atoms with Gasteiger partial charge in [0.2, 0.25) is 0 Å². The number of rotatable bonds is 9. The molecule has 0 aliphatic heterocycles. The highest BCUT2D eigenvalue weighted by Crippen LogP contribution is 2.28. The molecular formula is C30H39N3O4. The molecular weight excluding hydrogens is 466 g/mol. The number of hydrogen-bond donors (Lipinski definition) is 2.